The first-order chi connectivity index (χ1) is 9.36. The number of hydrogen-bond acceptors (Lipinski definition) is 1. The molecule has 0 radical (unpaired) electrons. The van der Waals surface area contributed by atoms with Crippen molar-refractivity contribution in [3.05, 3.63) is 35.5 Å². The minimum atomic E-state index is 0.648. The normalized spacial score (nSPS) is 27.2. The highest BCUT2D eigenvalue weighted by Gasteiger charge is 2.34. The van der Waals surface area contributed by atoms with Crippen molar-refractivity contribution in [3.63, 3.8) is 0 Å². The van der Waals surface area contributed by atoms with Crippen LogP contribution in [-0.2, 0) is 6.42 Å². The highest BCUT2D eigenvalue weighted by atomic mass is 15.2. The molecule has 0 aliphatic carbocycles. The van der Waals surface area contributed by atoms with E-state index in [4.69, 9.17) is 0 Å². The topological polar surface area (TPSA) is 19.0 Å². The van der Waals surface area contributed by atoms with Gasteiger partial charge in [-0.3, -0.25) is 4.90 Å². The Morgan fingerprint density at radius 3 is 3.05 bits per heavy atom. The van der Waals surface area contributed by atoms with E-state index < -0.39 is 0 Å². The summed E-state index contributed by atoms with van der Waals surface area (Å²) in [5, 5.41) is 1.45. The standard InChI is InChI=1S/C17H22N2/c1-2-12-7-9-19-10-8-14-13-5-3-4-6-15(13)18-17(14)16(19)11-12/h3-6,12,16,18H,2,7-11H2,1H3/t12-,16+/m1/s1. The Hall–Kier alpha value is -1.28. The van der Waals surface area contributed by atoms with Gasteiger partial charge in [0.15, 0.2) is 0 Å². The van der Waals surface area contributed by atoms with Gasteiger partial charge in [-0.2, -0.15) is 0 Å². The highest BCUT2D eigenvalue weighted by Crippen LogP contribution is 2.41. The molecule has 100 valence electrons. The van der Waals surface area contributed by atoms with E-state index in [0.29, 0.717) is 6.04 Å². The van der Waals surface area contributed by atoms with Crippen LogP contribution in [0, 0.1) is 5.92 Å². The average molecular weight is 254 g/mol. The van der Waals surface area contributed by atoms with Gasteiger partial charge in [0.1, 0.15) is 0 Å². The fourth-order valence-corrected chi connectivity index (χ4v) is 4.06. The lowest BCUT2D eigenvalue weighted by Gasteiger charge is -2.42. The van der Waals surface area contributed by atoms with Crippen LogP contribution in [0.2, 0.25) is 0 Å². The van der Waals surface area contributed by atoms with Gasteiger partial charge in [0, 0.05) is 23.1 Å². The van der Waals surface area contributed by atoms with Crippen LogP contribution in [0.1, 0.15) is 43.5 Å². The van der Waals surface area contributed by atoms with E-state index in [2.05, 4.69) is 41.1 Å². The van der Waals surface area contributed by atoms with Crippen LogP contribution in [0.3, 0.4) is 0 Å². The first-order valence-corrected chi connectivity index (χ1v) is 7.70. The maximum absolute atomic E-state index is 3.72. The van der Waals surface area contributed by atoms with Gasteiger partial charge >= 0.3 is 0 Å². The maximum atomic E-state index is 3.72. The molecule has 0 saturated carbocycles. The first-order valence-electron chi connectivity index (χ1n) is 7.70. The molecule has 0 unspecified atom stereocenters. The SMILES string of the molecule is CC[C@@H]1CCN2CCc3c([nH]c4ccccc34)[C@@H]2C1. The number of fused-ring (bicyclic) bond motifs is 5. The van der Waals surface area contributed by atoms with Crippen LogP contribution in [-0.4, -0.2) is 23.0 Å². The zero-order chi connectivity index (χ0) is 12.8. The van der Waals surface area contributed by atoms with Crippen molar-refractivity contribution in [2.45, 2.75) is 38.6 Å². The number of piperidine rings is 1. The molecular formula is C17H22N2. The zero-order valence-electron chi connectivity index (χ0n) is 11.7. The number of hydrogen-bond donors (Lipinski definition) is 1. The van der Waals surface area contributed by atoms with Crippen molar-refractivity contribution in [1.29, 1.82) is 0 Å². The number of aromatic nitrogens is 1. The minimum Gasteiger partial charge on any atom is -0.357 e. The molecule has 1 aromatic carbocycles. The van der Waals surface area contributed by atoms with Gasteiger partial charge in [-0.1, -0.05) is 31.5 Å². The fourth-order valence-electron chi connectivity index (χ4n) is 4.06. The van der Waals surface area contributed by atoms with Crippen molar-refractivity contribution in [3.8, 4) is 0 Å². The van der Waals surface area contributed by atoms with E-state index in [1.807, 2.05) is 0 Å². The van der Waals surface area contributed by atoms with Crippen molar-refractivity contribution in [1.82, 2.24) is 9.88 Å². The summed E-state index contributed by atoms with van der Waals surface area (Å²) in [5.74, 6) is 0.915. The Balaban J connectivity index is 1.80. The molecule has 2 atom stereocenters. The Morgan fingerprint density at radius 1 is 1.26 bits per heavy atom. The van der Waals surface area contributed by atoms with Crippen LogP contribution >= 0.6 is 0 Å². The fraction of sp³-hybridized carbons (Fsp3) is 0.529. The second-order valence-corrected chi connectivity index (χ2v) is 6.16. The molecule has 0 amide bonds. The first kappa shape index (κ1) is 11.5. The molecule has 19 heavy (non-hydrogen) atoms. The molecule has 2 aliphatic heterocycles. The van der Waals surface area contributed by atoms with Crippen LogP contribution in [0.4, 0.5) is 0 Å². The second kappa shape index (κ2) is 4.38. The highest BCUT2D eigenvalue weighted by molar-refractivity contribution is 5.85. The molecule has 3 heterocycles. The maximum Gasteiger partial charge on any atom is 0.0504 e. The molecule has 0 bridgehead atoms. The molecule has 1 N–H and O–H groups in total. The molecule has 2 heteroatoms. The minimum absolute atomic E-state index is 0.648. The summed E-state index contributed by atoms with van der Waals surface area (Å²) in [6.07, 6.45) is 5.28. The van der Waals surface area contributed by atoms with Gasteiger partial charge in [0.25, 0.3) is 0 Å². The van der Waals surface area contributed by atoms with Gasteiger partial charge in [-0.15, -0.1) is 0 Å². The van der Waals surface area contributed by atoms with Crippen molar-refractivity contribution >= 4 is 10.9 Å². The van der Waals surface area contributed by atoms with Crippen LogP contribution in [0.25, 0.3) is 10.9 Å². The summed E-state index contributed by atoms with van der Waals surface area (Å²) >= 11 is 0. The summed E-state index contributed by atoms with van der Waals surface area (Å²) in [6, 6.07) is 9.45. The lowest BCUT2D eigenvalue weighted by Crippen LogP contribution is -2.41. The van der Waals surface area contributed by atoms with Gasteiger partial charge in [-0.05, 0) is 43.4 Å². The quantitative estimate of drug-likeness (QED) is 0.818. The predicted octanol–water partition coefficient (Wildman–Crippen LogP) is 3.89. The molecular weight excluding hydrogens is 232 g/mol. The number of aromatic amines is 1. The molecule has 2 nitrogen and oxygen atoms in total. The number of nitrogens with zero attached hydrogens (tertiary/aromatic N) is 1. The number of H-pyrrole nitrogens is 1. The van der Waals surface area contributed by atoms with E-state index in [1.54, 1.807) is 5.56 Å². The average Bonchev–Trinajstić information content (AvgIpc) is 2.85. The molecule has 1 aromatic heterocycles. The third-order valence-electron chi connectivity index (χ3n) is 5.23. The second-order valence-electron chi connectivity index (χ2n) is 6.16. The predicted molar refractivity (Wildman–Crippen MR) is 79.3 cm³/mol. The number of para-hydroxylation sites is 1. The van der Waals surface area contributed by atoms with Gasteiger partial charge < -0.3 is 4.98 Å². The number of nitrogens with one attached hydrogen (secondary N) is 1. The van der Waals surface area contributed by atoms with E-state index in [1.165, 1.54) is 55.4 Å². The lowest BCUT2D eigenvalue weighted by atomic mass is 9.84. The van der Waals surface area contributed by atoms with Crippen molar-refractivity contribution in [2.75, 3.05) is 13.1 Å². The Bertz CT molecular complexity index is 598. The summed E-state index contributed by atoms with van der Waals surface area (Å²) < 4.78 is 0. The van der Waals surface area contributed by atoms with Crippen LogP contribution < -0.4 is 0 Å². The molecule has 0 spiro atoms. The third kappa shape index (κ3) is 1.73. The Labute approximate surface area is 114 Å². The summed E-state index contributed by atoms with van der Waals surface area (Å²) in [7, 11) is 0. The molecule has 1 fully saturated rings. The van der Waals surface area contributed by atoms with Gasteiger partial charge in [0.05, 0.1) is 6.04 Å². The third-order valence-corrected chi connectivity index (χ3v) is 5.23. The Kier molecular flexibility index (Phi) is 2.66. The van der Waals surface area contributed by atoms with E-state index in [-0.39, 0.29) is 0 Å². The monoisotopic (exact) mass is 254 g/mol. The smallest absolute Gasteiger partial charge is 0.0504 e. The molecule has 2 aromatic rings. The van der Waals surface area contributed by atoms with Crippen LogP contribution in [0.15, 0.2) is 24.3 Å². The van der Waals surface area contributed by atoms with E-state index >= 15 is 0 Å². The van der Waals surface area contributed by atoms with E-state index in [0.717, 1.165) is 5.92 Å². The Morgan fingerprint density at radius 2 is 2.16 bits per heavy atom. The van der Waals surface area contributed by atoms with E-state index in [9.17, 15) is 0 Å². The molecule has 1 saturated heterocycles. The lowest BCUT2D eigenvalue weighted by molar-refractivity contribution is 0.0993. The number of benzene rings is 1. The van der Waals surface area contributed by atoms with Crippen LogP contribution in [0.5, 0.6) is 0 Å². The molecule has 2 aliphatic rings. The van der Waals surface area contributed by atoms with Gasteiger partial charge in [-0.25, -0.2) is 0 Å². The summed E-state index contributed by atoms with van der Waals surface area (Å²) in [4.78, 5) is 6.42. The zero-order valence-corrected chi connectivity index (χ0v) is 11.7. The summed E-state index contributed by atoms with van der Waals surface area (Å²) in [5.41, 5.74) is 4.44. The largest absolute Gasteiger partial charge is 0.357 e. The number of rotatable bonds is 1. The summed E-state index contributed by atoms with van der Waals surface area (Å²) in [6.45, 7) is 4.88. The van der Waals surface area contributed by atoms with Crippen molar-refractivity contribution in [2.24, 2.45) is 5.92 Å². The van der Waals surface area contributed by atoms with Gasteiger partial charge in [0.2, 0.25) is 0 Å². The van der Waals surface area contributed by atoms with Crippen molar-refractivity contribution < 1.29 is 0 Å². The molecule has 4 rings (SSSR count).